The van der Waals surface area contributed by atoms with E-state index < -0.39 is 11.7 Å². The van der Waals surface area contributed by atoms with Crippen molar-refractivity contribution in [3.8, 4) is 0 Å². The van der Waals surface area contributed by atoms with Gasteiger partial charge in [-0.15, -0.1) is 0 Å². The van der Waals surface area contributed by atoms with Crippen LogP contribution >= 0.6 is 27.5 Å². The molecule has 1 aromatic carbocycles. The van der Waals surface area contributed by atoms with Crippen LogP contribution in [0.15, 0.2) is 27.3 Å². The van der Waals surface area contributed by atoms with Gasteiger partial charge in [0.25, 0.3) is 0 Å². The molecule has 0 aliphatic carbocycles. The third-order valence-electron chi connectivity index (χ3n) is 1.90. The quantitative estimate of drug-likeness (QED) is 0.676. The van der Waals surface area contributed by atoms with E-state index in [2.05, 4.69) is 15.9 Å². The first-order chi connectivity index (χ1) is 6.89. The summed E-state index contributed by atoms with van der Waals surface area (Å²) in [6, 6.07) is 2.71. The van der Waals surface area contributed by atoms with Crippen molar-refractivity contribution in [2.24, 2.45) is 0 Å². The molecule has 0 N–H and O–H groups in total. The first kappa shape index (κ1) is 10.8. The smallest absolute Gasteiger partial charge is 0.420 e. The lowest BCUT2D eigenvalue weighted by atomic mass is 10.2. The second-order valence-electron chi connectivity index (χ2n) is 2.91. The van der Waals surface area contributed by atoms with Gasteiger partial charge < -0.3 is 4.42 Å². The van der Waals surface area contributed by atoms with E-state index in [1.807, 2.05) is 0 Å². The van der Waals surface area contributed by atoms with Crippen LogP contribution in [0.25, 0.3) is 11.0 Å². The van der Waals surface area contributed by atoms with E-state index in [0.29, 0.717) is 10.7 Å². The Morgan fingerprint density at radius 3 is 2.53 bits per heavy atom. The third-order valence-corrected chi connectivity index (χ3v) is 2.71. The molecule has 0 radical (unpaired) electrons. The van der Waals surface area contributed by atoms with Gasteiger partial charge in [-0.2, -0.15) is 13.2 Å². The molecule has 1 nitrogen and oxygen atoms in total. The van der Waals surface area contributed by atoms with Crippen molar-refractivity contribution in [1.29, 1.82) is 0 Å². The van der Waals surface area contributed by atoms with Gasteiger partial charge in [-0.05, 0) is 28.1 Å². The van der Waals surface area contributed by atoms with Crippen LogP contribution in [-0.4, -0.2) is 0 Å². The molecule has 0 fully saturated rings. The van der Waals surface area contributed by atoms with E-state index in [4.69, 9.17) is 16.0 Å². The Balaban J connectivity index is 2.80. The highest BCUT2D eigenvalue weighted by atomic mass is 79.9. The van der Waals surface area contributed by atoms with E-state index >= 15 is 0 Å². The molecule has 0 bridgehead atoms. The molecule has 80 valence electrons. The number of fused-ring (bicyclic) bond motifs is 1. The summed E-state index contributed by atoms with van der Waals surface area (Å²) in [5, 5.41) is 0.183. The zero-order valence-electron chi connectivity index (χ0n) is 7.03. The van der Waals surface area contributed by atoms with Crippen molar-refractivity contribution in [2.45, 2.75) is 6.18 Å². The number of benzene rings is 1. The van der Waals surface area contributed by atoms with Crippen molar-refractivity contribution in [3.05, 3.63) is 33.5 Å². The van der Waals surface area contributed by atoms with Gasteiger partial charge in [0.05, 0.1) is 4.47 Å². The molecule has 1 heterocycles. The Hall–Kier alpha value is -0.680. The highest BCUT2D eigenvalue weighted by molar-refractivity contribution is 9.10. The molecule has 2 rings (SSSR count). The lowest BCUT2D eigenvalue weighted by Gasteiger charge is -2.03. The van der Waals surface area contributed by atoms with Gasteiger partial charge in [0, 0.05) is 10.4 Å². The molecular formula is C9H3BrClF3O. The summed E-state index contributed by atoms with van der Waals surface area (Å²) in [5.41, 5.74) is -0.674. The highest BCUT2D eigenvalue weighted by Gasteiger charge is 2.35. The molecule has 0 amide bonds. The standard InChI is InChI=1S/C9H3BrClF3O/c10-7-2-4(11)1-5-6(9(12,13)14)3-15-8(5)7/h1-3H. The summed E-state index contributed by atoms with van der Waals surface area (Å²) in [5.74, 6) is 0. The number of hydrogen-bond donors (Lipinski definition) is 0. The maximum absolute atomic E-state index is 12.5. The summed E-state index contributed by atoms with van der Waals surface area (Å²) >= 11 is 8.75. The molecule has 0 saturated heterocycles. The van der Waals surface area contributed by atoms with Crippen LogP contribution in [-0.2, 0) is 6.18 Å². The fourth-order valence-electron chi connectivity index (χ4n) is 1.28. The van der Waals surface area contributed by atoms with Crippen LogP contribution in [0.2, 0.25) is 5.02 Å². The van der Waals surface area contributed by atoms with E-state index in [-0.39, 0.29) is 16.0 Å². The number of halogens is 5. The zero-order valence-corrected chi connectivity index (χ0v) is 9.37. The van der Waals surface area contributed by atoms with Crippen molar-refractivity contribution >= 4 is 38.5 Å². The number of rotatable bonds is 0. The van der Waals surface area contributed by atoms with Crippen LogP contribution in [0.3, 0.4) is 0 Å². The number of furan rings is 1. The highest BCUT2D eigenvalue weighted by Crippen LogP contribution is 2.39. The first-order valence-electron chi connectivity index (χ1n) is 3.83. The first-order valence-corrected chi connectivity index (χ1v) is 5.00. The monoisotopic (exact) mass is 298 g/mol. The van der Waals surface area contributed by atoms with Crippen LogP contribution in [0.5, 0.6) is 0 Å². The Morgan fingerprint density at radius 2 is 1.93 bits per heavy atom. The van der Waals surface area contributed by atoms with Gasteiger partial charge in [-0.3, -0.25) is 0 Å². The van der Waals surface area contributed by atoms with E-state index in [9.17, 15) is 13.2 Å². The van der Waals surface area contributed by atoms with E-state index in [1.165, 1.54) is 12.1 Å². The summed E-state index contributed by atoms with van der Waals surface area (Å²) in [7, 11) is 0. The van der Waals surface area contributed by atoms with Gasteiger partial charge in [-0.1, -0.05) is 11.6 Å². The second kappa shape index (κ2) is 3.42. The maximum atomic E-state index is 12.5. The van der Waals surface area contributed by atoms with Gasteiger partial charge >= 0.3 is 6.18 Å². The predicted molar refractivity (Wildman–Crippen MR) is 53.9 cm³/mol. The average Bonchev–Trinajstić information content (AvgIpc) is 2.45. The summed E-state index contributed by atoms with van der Waals surface area (Å²) < 4.78 is 42.7. The largest absolute Gasteiger partial charge is 0.463 e. The number of alkyl halides is 3. The van der Waals surface area contributed by atoms with Crippen LogP contribution in [0.4, 0.5) is 13.2 Å². The van der Waals surface area contributed by atoms with Crippen molar-refractivity contribution in [1.82, 2.24) is 0 Å². The van der Waals surface area contributed by atoms with Crippen molar-refractivity contribution in [3.63, 3.8) is 0 Å². The summed E-state index contributed by atoms with van der Waals surface area (Å²) in [6.07, 6.45) is -3.75. The molecule has 0 spiro atoms. The molecule has 0 saturated carbocycles. The lowest BCUT2D eigenvalue weighted by Crippen LogP contribution is -2.03. The van der Waals surface area contributed by atoms with E-state index in [0.717, 1.165) is 0 Å². The molecular weight excluding hydrogens is 296 g/mol. The summed E-state index contributed by atoms with van der Waals surface area (Å²) in [4.78, 5) is 0. The molecule has 6 heteroatoms. The Kier molecular flexibility index (Phi) is 2.47. The van der Waals surface area contributed by atoms with E-state index in [1.54, 1.807) is 0 Å². The minimum Gasteiger partial charge on any atom is -0.463 e. The van der Waals surface area contributed by atoms with Crippen LogP contribution in [0, 0.1) is 0 Å². The molecule has 0 aliphatic heterocycles. The van der Waals surface area contributed by atoms with Crippen LogP contribution < -0.4 is 0 Å². The van der Waals surface area contributed by atoms with Crippen molar-refractivity contribution in [2.75, 3.05) is 0 Å². The van der Waals surface area contributed by atoms with Gasteiger partial charge in [0.1, 0.15) is 17.4 Å². The Bertz CT molecular complexity index is 518. The lowest BCUT2D eigenvalue weighted by molar-refractivity contribution is -0.136. The molecule has 15 heavy (non-hydrogen) atoms. The molecule has 0 unspecified atom stereocenters. The molecule has 0 aliphatic rings. The minimum atomic E-state index is -4.44. The minimum absolute atomic E-state index is 0.0399. The summed E-state index contributed by atoms with van der Waals surface area (Å²) in [6.45, 7) is 0. The molecule has 2 aromatic rings. The Labute approximate surface area is 95.9 Å². The Morgan fingerprint density at radius 1 is 1.27 bits per heavy atom. The van der Waals surface area contributed by atoms with Crippen LogP contribution in [0.1, 0.15) is 5.56 Å². The third kappa shape index (κ3) is 1.86. The average molecular weight is 299 g/mol. The fraction of sp³-hybridized carbons (Fsp3) is 0.111. The van der Waals surface area contributed by atoms with Crippen molar-refractivity contribution < 1.29 is 17.6 Å². The molecule has 1 aromatic heterocycles. The normalized spacial score (nSPS) is 12.3. The molecule has 0 atom stereocenters. The topological polar surface area (TPSA) is 13.1 Å². The van der Waals surface area contributed by atoms with Gasteiger partial charge in [0.2, 0.25) is 0 Å². The predicted octanol–water partition coefficient (Wildman–Crippen LogP) is 4.87. The second-order valence-corrected chi connectivity index (χ2v) is 4.20. The van der Waals surface area contributed by atoms with Gasteiger partial charge in [0.15, 0.2) is 0 Å². The number of hydrogen-bond acceptors (Lipinski definition) is 1. The fourth-order valence-corrected chi connectivity index (χ4v) is 2.18. The SMILES string of the molecule is FC(F)(F)c1coc2c(Br)cc(Cl)cc12. The van der Waals surface area contributed by atoms with Gasteiger partial charge in [-0.25, -0.2) is 0 Å². The maximum Gasteiger partial charge on any atom is 0.420 e. The zero-order chi connectivity index (χ0) is 11.2.